The first-order valence-corrected chi connectivity index (χ1v) is 6.37. The second-order valence-corrected chi connectivity index (χ2v) is 4.97. The van der Waals surface area contributed by atoms with Gasteiger partial charge in [0, 0.05) is 18.5 Å². The lowest BCUT2D eigenvalue weighted by Crippen LogP contribution is -2.48. The molecule has 2 saturated heterocycles. The SMILES string of the molecule is Fc1ccc(OCC2CCN(C3COC3)C2)nc1. The molecule has 0 N–H and O–H groups in total. The molecule has 18 heavy (non-hydrogen) atoms. The van der Waals surface area contributed by atoms with Crippen LogP contribution in [0, 0.1) is 11.7 Å². The maximum atomic E-state index is 12.7. The minimum Gasteiger partial charge on any atom is -0.477 e. The molecule has 0 bridgehead atoms. The third-order valence-electron chi connectivity index (χ3n) is 3.62. The van der Waals surface area contributed by atoms with Crippen LogP contribution in [0.15, 0.2) is 18.3 Å². The van der Waals surface area contributed by atoms with Gasteiger partial charge in [-0.15, -0.1) is 0 Å². The van der Waals surface area contributed by atoms with Crippen molar-refractivity contribution in [1.82, 2.24) is 9.88 Å². The number of hydrogen-bond donors (Lipinski definition) is 0. The maximum absolute atomic E-state index is 12.7. The lowest BCUT2D eigenvalue weighted by Gasteiger charge is -2.34. The lowest BCUT2D eigenvalue weighted by atomic mass is 10.1. The van der Waals surface area contributed by atoms with Gasteiger partial charge < -0.3 is 9.47 Å². The molecule has 1 aromatic rings. The Morgan fingerprint density at radius 2 is 2.33 bits per heavy atom. The van der Waals surface area contributed by atoms with E-state index in [-0.39, 0.29) is 5.82 Å². The van der Waals surface area contributed by atoms with Crippen molar-refractivity contribution in [3.63, 3.8) is 0 Å². The highest BCUT2D eigenvalue weighted by Crippen LogP contribution is 2.22. The Labute approximate surface area is 106 Å². The molecule has 2 aliphatic heterocycles. The van der Waals surface area contributed by atoms with E-state index >= 15 is 0 Å². The van der Waals surface area contributed by atoms with Gasteiger partial charge in [0.2, 0.25) is 5.88 Å². The molecule has 0 radical (unpaired) electrons. The van der Waals surface area contributed by atoms with E-state index in [1.54, 1.807) is 6.07 Å². The summed E-state index contributed by atoms with van der Waals surface area (Å²) in [6.07, 6.45) is 2.33. The van der Waals surface area contributed by atoms with Gasteiger partial charge in [-0.2, -0.15) is 0 Å². The molecular formula is C13H17FN2O2. The number of halogens is 1. The smallest absolute Gasteiger partial charge is 0.213 e. The Morgan fingerprint density at radius 1 is 1.44 bits per heavy atom. The Bertz CT molecular complexity index is 394. The topological polar surface area (TPSA) is 34.6 Å². The van der Waals surface area contributed by atoms with Crippen molar-refractivity contribution in [3.8, 4) is 5.88 Å². The van der Waals surface area contributed by atoms with Crippen LogP contribution in [-0.4, -0.2) is 48.8 Å². The van der Waals surface area contributed by atoms with E-state index in [0.29, 0.717) is 24.4 Å². The molecule has 2 aliphatic rings. The number of hydrogen-bond acceptors (Lipinski definition) is 4. The van der Waals surface area contributed by atoms with Crippen molar-refractivity contribution in [2.24, 2.45) is 5.92 Å². The van der Waals surface area contributed by atoms with Gasteiger partial charge in [0.15, 0.2) is 0 Å². The van der Waals surface area contributed by atoms with Gasteiger partial charge in [-0.3, -0.25) is 4.90 Å². The molecule has 0 saturated carbocycles. The maximum Gasteiger partial charge on any atom is 0.213 e. The van der Waals surface area contributed by atoms with E-state index in [9.17, 15) is 4.39 Å². The van der Waals surface area contributed by atoms with E-state index in [0.717, 1.165) is 32.7 Å². The number of nitrogens with zero attached hydrogens (tertiary/aromatic N) is 2. The van der Waals surface area contributed by atoms with Crippen molar-refractivity contribution < 1.29 is 13.9 Å². The Hall–Kier alpha value is -1.20. The largest absolute Gasteiger partial charge is 0.477 e. The van der Waals surface area contributed by atoms with Crippen molar-refractivity contribution in [1.29, 1.82) is 0 Å². The van der Waals surface area contributed by atoms with Crippen LogP contribution in [-0.2, 0) is 4.74 Å². The zero-order valence-corrected chi connectivity index (χ0v) is 10.2. The summed E-state index contributed by atoms with van der Waals surface area (Å²) in [6, 6.07) is 3.55. The van der Waals surface area contributed by atoms with Gasteiger partial charge in [-0.25, -0.2) is 9.37 Å². The van der Waals surface area contributed by atoms with E-state index < -0.39 is 0 Å². The van der Waals surface area contributed by atoms with Gasteiger partial charge in [0.05, 0.1) is 32.1 Å². The first-order chi connectivity index (χ1) is 8.81. The number of aromatic nitrogens is 1. The van der Waals surface area contributed by atoms with E-state index in [4.69, 9.17) is 9.47 Å². The van der Waals surface area contributed by atoms with Gasteiger partial charge in [0.25, 0.3) is 0 Å². The molecule has 0 aromatic carbocycles. The van der Waals surface area contributed by atoms with Crippen LogP contribution in [0.3, 0.4) is 0 Å². The van der Waals surface area contributed by atoms with Crippen LogP contribution in [0.2, 0.25) is 0 Å². The summed E-state index contributed by atoms with van der Waals surface area (Å²) in [4.78, 5) is 6.36. The van der Waals surface area contributed by atoms with E-state index in [2.05, 4.69) is 9.88 Å². The normalized spacial score (nSPS) is 25.1. The Kier molecular flexibility index (Phi) is 3.43. The number of ether oxygens (including phenoxy) is 2. The molecule has 1 unspecified atom stereocenters. The van der Waals surface area contributed by atoms with Crippen molar-refractivity contribution in [3.05, 3.63) is 24.1 Å². The fourth-order valence-electron chi connectivity index (χ4n) is 2.42. The summed E-state index contributed by atoms with van der Waals surface area (Å²) in [5, 5.41) is 0. The zero-order chi connectivity index (χ0) is 12.4. The van der Waals surface area contributed by atoms with Crippen LogP contribution in [0.1, 0.15) is 6.42 Å². The summed E-state index contributed by atoms with van der Waals surface area (Å²) in [5.41, 5.74) is 0. The number of likely N-dealkylation sites (tertiary alicyclic amines) is 1. The predicted octanol–water partition coefficient (Wildman–Crippen LogP) is 1.32. The standard InChI is InChI=1S/C13H17FN2O2/c14-11-1-2-13(15-5-11)18-7-10-3-4-16(6-10)12-8-17-9-12/h1-2,5,10,12H,3-4,6-9H2. The molecular weight excluding hydrogens is 235 g/mol. The molecule has 0 amide bonds. The van der Waals surface area contributed by atoms with Crippen molar-refractivity contribution in [2.45, 2.75) is 12.5 Å². The molecule has 4 nitrogen and oxygen atoms in total. The van der Waals surface area contributed by atoms with Crippen LogP contribution < -0.4 is 4.74 Å². The first-order valence-electron chi connectivity index (χ1n) is 6.37. The lowest BCUT2D eigenvalue weighted by molar-refractivity contribution is -0.0584. The minimum absolute atomic E-state index is 0.334. The van der Waals surface area contributed by atoms with Crippen LogP contribution >= 0.6 is 0 Å². The fourth-order valence-corrected chi connectivity index (χ4v) is 2.42. The summed E-state index contributed by atoms with van der Waals surface area (Å²) in [7, 11) is 0. The molecule has 1 atom stereocenters. The van der Waals surface area contributed by atoms with E-state index in [1.165, 1.54) is 12.3 Å². The van der Waals surface area contributed by atoms with Crippen molar-refractivity contribution >= 4 is 0 Å². The monoisotopic (exact) mass is 252 g/mol. The van der Waals surface area contributed by atoms with Crippen LogP contribution in [0.4, 0.5) is 4.39 Å². The minimum atomic E-state index is -0.334. The van der Waals surface area contributed by atoms with Crippen molar-refractivity contribution in [2.75, 3.05) is 32.9 Å². The van der Waals surface area contributed by atoms with Gasteiger partial charge >= 0.3 is 0 Å². The zero-order valence-electron chi connectivity index (χ0n) is 10.2. The fraction of sp³-hybridized carbons (Fsp3) is 0.615. The summed E-state index contributed by atoms with van der Waals surface area (Å²) in [6.45, 7) is 4.58. The van der Waals surface area contributed by atoms with Gasteiger partial charge in [0.1, 0.15) is 5.82 Å². The predicted molar refractivity (Wildman–Crippen MR) is 64.0 cm³/mol. The summed E-state index contributed by atoms with van der Waals surface area (Å²) < 4.78 is 23.5. The third kappa shape index (κ3) is 2.62. The molecule has 3 rings (SSSR count). The molecule has 0 aliphatic carbocycles. The van der Waals surface area contributed by atoms with Gasteiger partial charge in [-0.1, -0.05) is 0 Å². The van der Waals surface area contributed by atoms with E-state index in [1.807, 2.05) is 0 Å². The molecule has 1 aromatic heterocycles. The number of rotatable bonds is 4. The number of pyridine rings is 1. The highest BCUT2D eigenvalue weighted by Gasteiger charge is 2.32. The third-order valence-corrected chi connectivity index (χ3v) is 3.62. The summed E-state index contributed by atoms with van der Waals surface area (Å²) in [5.74, 6) is 0.707. The molecule has 0 spiro atoms. The van der Waals surface area contributed by atoms with Crippen LogP contribution in [0.5, 0.6) is 5.88 Å². The molecule has 3 heterocycles. The molecule has 5 heteroatoms. The highest BCUT2D eigenvalue weighted by atomic mass is 19.1. The first kappa shape index (κ1) is 11.9. The van der Waals surface area contributed by atoms with Crippen LogP contribution in [0.25, 0.3) is 0 Å². The second-order valence-electron chi connectivity index (χ2n) is 4.97. The van der Waals surface area contributed by atoms with Gasteiger partial charge in [-0.05, 0) is 19.0 Å². The summed E-state index contributed by atoms with van der Waals surface area (Å²) >= 11 is 0. The average Bonchev–Trinajstić information content (AvgIpc) is 2.75. The Morgan fingerprint density at radius 3 is 3.00 bits per heavy atom. The molecule has 98 valence electrons. The Balaban J connectivity index is 1.45. The second kappa shape index (κ2) is 5.20. The molecule has 2 fully saturated rings. The highest BCUT2D eigenvalue weighted by molar-refractivity contribution is 5.10. The average molecular weight is 252 g/mol. The quantitative estimate of drug-likeness (QED) is 0.809.